The molecule has 0 aromatic rings. The van der Waals surface area contributed by atoms with Gasteiger partial charge in [-0.2, -0.15) is 0 Å². The van der Waals surface area contributed by atoms with Crippen LogP contribution in [0.4, 0.5) is 0 Å². The fraction of sp³-hybridized carbons (Fsp3) is 0.917. The van der Waals surface area contributed by atoms with Crippen molar-refractivity contribution in [2.75, 3.05) is 0 Å². The fourth-order valence-electron chi connectivity index (χ4n) is 2.19. The standard InChI is InChI=1S/C12H24N2O2/c1-2-6-9(13)12(16)14-10-7-4-3-5-8-11(10)15/h9-11,15H,2-8,13H2,1H3,(H,14,16)/t9-,10?,11?/m1/s1. The third-order valence-electron chi connectivity index (χ3n) is 3.24. The van der Waals surface area contributed by atoms with E-state index in [4.69, 9.17) is 5.73 Å². The fourth-order valence-corrected chi connectivity index (χ4v) is 2.19. The molecule has 94 valence electrons. The van der Waals surface area contributed by atoms with Crippen LogP contribution in [0.2, 0.25) is 0 Å². The van der Waals surface area contributed by atoms with Crippen LogP contribution in [0.5, 0.6) is 0 Å². The molecule has 0 spiro atoms. The van der Waals surface area contributed by atoms with Crippen LogP contribution in [-0.4, -0.2) is 29.2 Å². The number of aliphatic hydroxyl groups excluding tert-OH is 1. The summed E-state index contributed by atoms with van der Waals surface area (Å²) < 4.78 is 0. The minimum absolute atomic E-state index is 0.0992. The highest BCUT2D eigenvalue weighted by molar-refractivity contribution is 5.81. The Morgan fingerprint density at radius 1 is 1.44 bits per heavy atom. The Morgan fingerprint density at radius 3 is 2.81 bits per heavy atom. The monoisotopic (exact) mass is 228 g/mol. The van der Waals surface area contributed by atoms with Crippen LogP contribution in [0.15, 0.2) is 0 Å². The smallest absolute Gasteiger partial charge is 0.237 e. The summed E-state index contributed by atoms with van der Waals surface area (Å²) in [6.07, 6.45) is 6.13. The topological polar surface area (TPSA) is 75.4 Å². The Hall–Kier alpha value is -0.610. The first-order chi connectivity index (χ1) is 7.65. The molecule has 0 aromatic heterocycles. The maximum atomic E-state index is 11.7. The molecule has 0 heterocycles. The van der Waals surface area contributed by atoms with Gasteiger partial charge in [0.1, 0.15) is 0 Å². The molecule has 1 amide bonds. The molecule has 1 fully saturated rings. The molecule has 0 saturated heterocycles. The van der Waals surface area contributed by atoms with E-state index in [0.29, 0.717) is 6.42 Å². The van der Waals surface area contributed by atoms with Gasteiger partial charge in [-0.05, 0) is 19.3 Å². The lowest BCUT2D eigenvalue weighted by atomic mass is 10.0. The summed E-state index contributed by atoms with van der Waals surface area (Å²) in [5.41, 5.74) is 5.74. The van der Waals surface area contributed by atoms with Gasteiger partial charge in [-0.3, -0.25) is 4.79 Å². The first kappa shape index (κ1) is 13.5. The molecule has 2 unspecified atom stereocenters. The van der Waals surface area contributed by atoms with Gasteiger partial charge in [-0.15, -0.1) is 0 Å². The van der Waals surface area contributed by atoms with Crippen LogP contribution < -0.4 is 11.1 Å². The highest BCUT2D eigenvalue weighted by Crippen LogP contribution is 2.18. The van der Waals surface area contributed by atoms with E-state index in [-0.39, 0.29) is 11.9 Å². The van der Waals surface area contributed by atoms with Gasteiger partial charge in [-0.25, -0.2) is 0 Å². The Balaban J connectivity index is 2.41. The lowest BCUT2D eigenvalue weighted by Crippen LogP contribution is -2.49. The molecule has 0 radical (unpaired) electrons. The van der Waals surface area contributed by atoms with E-state index in [0.717, 1.165) is 38.5 Å². The first-order valence-electron chi connectivity index (χ1n) is 6.39. The Bertz CT molecular complexity index is 221. The number of carbonyl (C=O) groups excluding carboxylic acids is 1. The Kier molecular flexibility index (Phi) is 5.77. The van der Waals surface area contributed by atoms with Crippen LogP contribution in [0.3, 0.4) is 0 Å². The number of nitrogens with two attached hydrogens (primary N) is 1. The van der Waals surface area contributed by atoms with Crippen molar-refractivity contribution in [1.29, 1.82) is 0 Å². The molecule has 1 saturated carbocycles. The van der Waals surface area contributed by atoms with E-state index >= 15 is 0 Å². The second-order valence-corrected chi connectivity index (χ2v) is 4.72. The summed E-state index contributed by atoms with van der Waals surface area (Å²) in [5, 5.41) is 12.7. The molecule has 0 aliphatic heterocycles. The van der Waals surface area contributed by atoms with E-state index < -0.39 is 12.1 Å². The van der Waals surface area contributed by atoms with Crippen LogP contribution in [0.25, 0.3) is 0 Å². The maximum absolute atomic E-state index is 11.7. The van der Waals surface area contributed by atoms with Crippen molar-refractivity contribution in [3.8, 4) is 0 Å². The minimum Gasteiger partial charge on any atom is -0.391 e. The molecule has 16 heavy (non-hydrogen) atoms. The molecule has 4 N–H and O–H groups in total. The first-order valence-corrected chi connectivity index (χ1v) is 6.39. The number of nitrogens with one attached hydrogen (secondary N) is 1. The predicted octanol–water partition coefficient (Wildman–Crippen LogP) is 0.924. The van der Waals surface area contributed by atoms with E-state index in [1.165, 1.54) is 0 Å². The second kappa shape index (κ2) is 6.86. The van der Waals surface area contributed by atoms with Gasteiger partial charge in [0.25, 0.3) is 0 Å². The van der Waals surface area contributed by atoms with E-state index in [9.17, 15) is 9.90 Å². The lowest BCUT2D eigenvalue weighted by molar-refractivity contribution is -0.124. The number of rotatable bonds is 4. The van der Waals surface area contributed by atoms with Gasteiger partial charge in [0.05, 0.1) is 18.2 Å². The highest BCUT2D eigenvalue weighted by Gasteiger charge is 2.24. The van der Waals surface area contributed by atoms with Crippen molar-refractivity contribution < 1.29 is 9.90 Å². The quantitative estimate of drug-likeness (QED) is 0.626. The molecule has 1 aliphatic carbocycles. The molecule has 4 nitrogen and oxygen atoms in total. The summed E-state index contributed by atoms with van der Waals surface area (Å²) >= 11 is 0. The molecule has 1 aliphatic rings. The SMILES string of the molecule is CCC[C@@H](N)C(=O)NC1CCCCCC1O. The van der Waals surface area contributed by atoms with E-state index in [2.05, 4.69) is 5.32 Å². The van der Waals surface area contributed by atoms with Crippen molar-refractivity contribution in [2.24, 2.45) is 5.73 Å². The molecule has 3 atom stereocenters. The third-order valence-corrected chi connectivity index (χ3v) is 3.24. The number of amides is 1. The summed E-state index contributed by atoms with van der Waals surface area (Å²) in [5.74, 6) is -0.118. The number of aliphatic hydroxyl groups is 1. The summed E-state index contributed by atoms with van der Waals surface area (Å²) in [6.45, 7) is 2.01. The Morgan fingerprint density at radius 2 is 2.12 bits per heavy atom. The van der Waals surface area contributed by atoms with Gasteiger partial charge in [0, 0.05) is 0 Å². The molecule has 0 aromatic carbocycles. The van der Waals surface area contributed by atoms with Gasteiger partial charge >= 0.3 is 0 Å². The second-order valence-electron chi connectivity index (χ2n) is 4.72. The summed E-state index contributed by atoms with van der Waals surface area (Å²) in [6, 6.07) is -0.529. The lowest BCUT2D eigenvalue weighted by Gasteiger charge is -2.23. The van der Waals surface area contributed by atoms with Gasteiger partial charge < -0.3 is 16.2 Å². The normalized spacial score (nSPS) is 28.2. The average molecular weight is 228 g/mol. The third kappa shape index (κ3) is 4.10. The molecular formula is C12H24N2O2. The van der Waals surface area contributed by atoms with Crippen LogP contribution in [0.1, 0.15) is 51.9 Å². The van der Waals surface area contributed by atoms with Gasteiger partial charge in [0.15, 0.2) is 0 Å². The molecule has 1 rings (SSSR count). The number of hydrogen-bond acceptors (Lipinski definition) is 3. The zero-order valence-electron chi connectivity index (χ0n) is 10.1. The molecule has 4 heteroatoms. The van der Waals surface area contributed by atoms with Crippen molar-refractivity contribution in [1.82, 2.24) is 5.32 Å². The van der Waals surface area contributed by atoms with E-state index in [1.807, 2.05) is 6.92 Å². The van der Waals surface area contributed by atoms with Crippen molar-refractivity contribution in [3.05, 3.63) is 0 Å². The maximum Gasteiger partial charge on any atom is 0.237 e. The minimum atomic E-state index is -0.430. The average Bonchev–Trinajstić information content (AvgIpc) is 2.45. The van der Waals surface area contributed by atoms with Crippen molar-refractivity contribution >= 4 is 5.91 Å². The largest absolute Gasteiger partial charge is 0.391 e. The summed E-state index contributed by atoms with van der Waals surface area (Å²) in [7, 11) is 0. The number of carbonyl (C=O) groups is 1. The van der Waals surface area contributed by atoms with E-state index in [1.54, 1.807) is 0 Å². The van der Waals surface area contributed by atoms with Gasteiger partial charge in [-0.1, -0.05) is 32.6 Å². The predicted molar refractivity (Wildman–Crippen MR) is 63.9 cm³/mol. The number of hydrogen-bond donors (Lipinski definition) is 3. The van der Waals surface area contributed by atoms with Crippen LogP contribution >= 0.6 is 0 Å². The Labute approximate surface area is 97.6 Å². The molecule has 0 bridgehead atoms. The van der Waals surface area contributed by atoms with Crippen molar-refractivity contribution in [3.63, 3.8) is 0 Å². The highest BCUT2D eigenvalue weighted by atomic mass is 16.3. The summed E-state index contributed by atoms with van der Waals surface area (Å²) in [4.78, 5) is 11.7. The van der Waals surface area contributed by atoms with Gasteiger partial charge in [0.2, 0.25) is 5.91 Å². The zero-order chi connectivity index (χ0) is 12.0. The van der Waals surface area contributed by atoms with Crippen molar-refractivity contribution in [2.45, 2.75) is 70.1 Å². The van der Waals surface area contributed by atoms with Crippen LogP contribution in [0, 0.1) is 0 Å². The van der Waals surface area contributed by atoms with Crippen LogP contribution in [-0.2, 0) is 4.79 Å². The zero-order valence-corrected chi connectivity index (χ0v) is 10.1. The molecular weight excluding hydrogens is 204 g/mol.